The van der Waals surface area contributed by atoms with Gasteiger partial charge in [-0.25, -0.2) is 9.97 Å². The Balaban J connectivity index is 2.17. The van der Waals surface area contributed by atoms with Gasteiger partial charge in [0.1, 0.15) is 12.4 Å². The summed E-state index contributed by atoms with van der Waals surface area (Å²) >= 11 is 0. The van der Waals surface area contributed by atoms with Gasteiger partial charge >= 0.3 is 5.69 Å². The van der Waals surface area contributed by atoms with Crippen LogP contribution in [0.5, 0.6) is 0 Å². The van der Waals surface area contributed by atoms with E-state index < -0.39 is 4.92 Å². The molecule has 0 atom stereocenters. The minimum Gasteiger partial charge on any atom is -0.341 e. The first-order valence-electron chi connectivity index (χ1n) is 3.99. The number of nitro groups is 1. The fourth-order valence-corrected chi connectivity index (χ4v) is 1.09. The van der Waals surface area contributed by atoms with Crippen LogP contribution < -0.4 is 4.90 Å². The summed E-state index contributed by atoms with van der Waals surface area (Å²) in [6.07, 6.45) is 3.61. The fraction of sp³-hybridized carbons (Fsp3) is 0.429. The molecule has 68 valence electrons. The maximum atomic E-state index is 10.3. The van der Waals surface area contributed by atoms with Crippen molar-refractivity contribution in [2.75, 3.05) is 18.0 Å². The van der Waals surface area contributed by atoms with Crippen molar-refractivity contribution < 1.29 is 4.92 Å². The van der Waals surface area contributed by atoms with E-state index in [1.165, 1.54) is 12.4 Å². The summed E-state index contributed by atoms with van der Waals surface area (Å²) in [7, 11) is 0. The Bertz CT molecular complexity index is 320. The molecule has 1 aliphatic rings. The smallest absolute Gasteiger partial charge is 0.305 e. The Morgan fingerprint density at radius 3 is 2.38 bits per heavy atom. The molecule has 0 aromatic carbocycles. The number of hydrogen-bond donors (Lipinski definition) is 0. The summed E-state index contributed by atoms with van der Waals surface area (Å²) in [4.78, 5) is 19.5. The van der Waals surface area contributed by atoms with E-state index in [0.717, 1.165) is 19.5 Å². The molecule has 2 rings (SSSR count). The van der Waals surface area contributed by atoms with Crippen molar-refractivity contribution in [2.45, 2.75) is 6.42 Å². The molecule has 0 radical (unpaired) electrons. The molecule has 1 aromatic heterocycles. The lowest BCUT2D eigenvalue weighted by Gasteiger charge is -2.30. The van der Waals surface area contributed by atoms with Gasteiger partial charge in [-0.15, -0.1) is 0 Å². The molecule has 6 heteroatoms. The SMILES string of the molecule is O=[N+]([O-])c1cnc(N2CCC2)nc1. The molecule has 2 heterocycles. The van der Waals surface area contributed by atoms with E-state index in [-0.39, 0.29) is 5.69 Å². The lowest BCUT2D eigenvalue weighted by molar-refractivity contribution is -0.385. The largest absolute Gasteiger partial charge is 0.341 e. The first-order chi connectivity index (χ1) is 6.27. The molecule has 0 N–H and O–H groups in total. The van der Waals surface area contributed by atoms with Crippen molar-refractivity contribution in [1.29, 1.82) is 0 Å². The zero-order chi connectivity index (χ0) is 9.26. The summed E-state index contributed by atoms with van der Waals surface area (Å²) in [6, 6.07) is 0. The number of nitrogens with zero attached hydrogens (tertiary/aromatic N) is 4. The van der Waals surface area contributed by atoms with Crippen molar-refractivity contribution in [1.82, 2.24) is 9.97 Å². The number of hydrogen-bond acceptors (Lipinski definition) is 5. The Hall–Kier alpha value is -1.72. The third kappa shape index (κ3) is 1.42. The average molecular weight is 180 g/mol. The zero-order valence-corrected chi connectivity index (χ0v) is 6.88. The summed E-state index contributed by atoms with van der Waals surface area (Å²) in [6.45, 7) is 1.88. The summed E-state index contributed by atoms with van der Waals surface area (Å²) in [5, 5.41) is 10.3. The topological polar surface area (TPSA) is 72.2 Å². The third-order valence-electron chi connectivity index (χ3n) is 1.97. The van der Waals surface area contributed by atoms with Crippen LogP contribution in [0.4, 0.5) is 11.6 Å². The number of anilines is 1. The summed E-state index contributed by atoms with van der Waals surface area (Å²) in [5.41, 5.74) is -0.0655. The van der Waals surface area contributed by atoms with Gasteiger partial charge in [0.2, 0.25) is 5.95 Å². The first kappa shape index (κ1) is 7.90. The Kier molecular flexibility index (Phi) is 1.80. The average Bonchev–Trinajstić information content (AvgIpc) is 2.02. The molecule has 13 heavy (non-hydrogen) atoms. The normalized spacial score (nSPS) is 15.2. The lowest BCUT2D eigenvalue weighted by atomic mass is 10.2. The van der Waals surface area contributed by atoms with Crippen LogP contribution in [0.1, 0.15) is 6.42 Å². The molecule has 0 unspecified atom stereocenters. The highest BCUT2D eigenvalue weighted by atomic mass is 16.6. The van der Waals surface area contributed by atoms with Crippen molar-refractivity contribution in [3.63, 3.8) is 0 Å². The lowest BCUT2D eigenvalue weighted by Crippen LogP contribution is -2.38. The van der Waals surface area contributed by atoms with Crippen LogP contribution in [0.15, 0.2) is 12.4 Å². The molecule has 0 bridgehead atoms. The number of rotatable bonds is 2. The van der Waals surface area contributed by atoms with E-state index in [1.807, 2.05) is 4.90 Å². The van der Waals surface area contributed by atoms with E-state index in [4.69, 9.17) is 0 Å². The molecule has 1 fully saturated rings. The number of aromatic nitrogens is 2. The molecule has 1 aromatic rings. The van der Waals surface area contributed by atoms with Gasteiger partial charge in [0.05, 0.1) is 4.92 Å². The molecule has 0 aliphatic carbocycles. The van der Waals surface area contributed by atoms with Crippen LogP contribution in [-0.4, -0.2) is 28.0 Å². The highest BCUT2D eigenvalue weighted by Crippen LogP contribution is 2.16. The Labute approximate surface area is 74.4 Å². The second-order valence-corrected chi connectivity index (χ2v) is 2.84. The van der Waals surface area contributed by atoms with Crippen LogP contribution >= 0.6 is 0 Å². The van der Waals surface area contributed by atoms with Gasteiger partial charge in [-0.3, -0.25) is 10.1 Å². The van der Waals surface area contributed by atoms with Gasteiger partial charge in [0.15, 0.2) is 0 Å². The van der Waals surface area contributed by atoms with Crippen LogP contribution in [0.2, 0.25) is 0 Å². The van der Waals surface area contributed by atoms with E-state index in [9.17, 15) is 10.1 Å². The van der Waals surface area contributed by atoms with Gasteiger partial charge in [0, 0.05) is 13.1 Å². The van der Waals surface area contributed by atoms with E-state index in [2.05, 4.69) is 9.97 Å². The predicted molar refractivity (Wildman–Crippen MR) is 45.5 cm³/mol. The minimum absolute atomic E-state index is 0.0655. The monoisotopic (exact) mass is 180 g/mol. The van der Waals surface area contributed by atoms with Crippen LogP contribution in [0.25, 0.3) is 0 Å². The molecular weight excluding hydrogens is 172 g/mol. The Morgan fingerprint density at radius 2 is 2.00 bits per heavy atom. The summed E-state index contributed by atoms with van der Waals surface area (Å²) in [5.74, 6) is 0.580. The fourth-order valence-electron chi connectivity index (χ4n) is 1.09. The van der Waals surface area contributed by atoms with Crippen molar-refractivity contribution >= 4 is 11.6 Å². The minimum atomic E-state index is -0.500. The van der Waals surface area contributed by atoms with Gasteiger partial charge in [0.25, 0.3) is 0 Å². The van der Waals surface area contributed by atoms with E-state index >= 15 is 0 Å². The van der Waals surface area contributed by atoms with Crippen LogP contribution in [0, 0.1) is 10.1 Å². The second-order valence-electron chi connectivity index (χ2n) is 2.84. The molecule has 1 saturated heterocycles. The van der Waals surface area contributed by atoms with Crippen molar-refractivity contribution in [3.8, 4) is 0 Å². The molecule has 1 aliphatic heterocycles. The molecule has 6 nitrogen and oxygen atoms in total. The van der Waals surface area contributed by atoms with Gasteiger partial charge < -0.3 is 4.90 Å². The highest BCUT2D eigenvalue weighted by Gasteiger charge is 2.17. The van der Waals surface area contributed by atoms with E-state index in [1.54, 1.807) is 0 Å². The van der Waals surface area contributed by atoms with Crippen molar-refractivity contribution in [2.24, 2.45) is 0 Å². The van der Waals surface area contributed by atoms with E-state index in [0.29, 0.717) is 5.95 Å². The van der Waals surface area contributed by atoms with Crippen LogP contribution in [0.3, 0.4) is 0 Å². The van der Waals surface area contributed by atoms with Gasteiger partial charge in [-0.1, -0.05) is 0 Å². The quantitative estimate of drug-likeness (QED) is 0.492. The molecule has 0 saturated carbocycles. The first-order valence-corrected chi connectivity index (χ1v) is 3.99. The Morgan fingerprint density at radius 1 is 1.38 bits per heavy atom. The van der Waals surface area contributed by atoms with Gasteiger partial charge in [-0.05, 0) is 6.42 Å². The van der Waals surface area contributed by atoms with Gasteiger partial charge in [-0.2, -0.15) is 0 Å². The standard InChI is InChI=1S/C7H8N4O2/c12-11(13)6-4-8-7(9-5-6)10-2-1-3-10/h4-5H,1-3H2. The predicted octanol–water partition coefficient (Wildman–Crippen LogP) is 0.595. The second kappa shape index (κ2) is 2.96. The highest BCUT2D eigenvalue weighted by molar-refractivity contribution is 5.35. The maximum Gasteiger partial charge on any atom is 0.305 e. The zero-order valence-electron chi connectivity index (χ0n) is 6.88. The molecular formula is C7H8N4O2. The van der Waals surface area contributed by atoms with Crippen LogP contribution in [-0.2, 0) is 0 Å². The summed E-state index contributed by atoms with van der Waals surface area (Å²) < 4.78 is 0. The maximum absolute atomic E-state index is 10.3. The van der Waals surface area contributed by atoms with Crippen molar-refractivity contribution in [3.05, 3.63) is 22.5 Å². The molecule has 0 spiro atoms. The third-order valence-corrected chi connectivity index (χ3v) is 1.97. The molecule has 0 amide bonds.